The number of aromatic nitrogens is 3. The third kappa shape index (κ3) is 3.96. The fourth-order valence-corrected chi connectivity index (χ4v) is 2.71. The van der Waals surface area contributed by atoms with E-state index < -0.39 is 6.10 Å². The van der Waals surface area contributed by atoms with Gasteiger partial charge >= 0.3 is 0 Å². The summed E-state index contributed by atoms with van der Waals surface area (Å²) in [5, 5.41) is 16.0. The number of benzene rings is 1. The first-order chi connectivity index (χ1) is 9.79. The Morgan fingerprint density at radius 2 is 2.00 bits per heavy atom. The summed E-state index contributed by atoms with van der Waals surface area (Å²) in [6, 6.07) is 5.14. The number of aliphatic hydroxyl groups is 1. The third-order valence-corrected chi connectivity index (χ3v) is 4.06. The van der Waals surface area contributed by atoms with Gasteiger partial charge < -0.3 is 5.11 Å². The van der Waals surface area contributed by atoms with E-state index in [0.29, 0.717) is 16.5 Å². The second-order valence-corrected chi connectivity index (χ2v) is 7.04. The molecule has 2 rings (SSSR count). The quantitative estimate of drug-likeness (QED) is 0.929. The van der Waals surface area contributed by atoms with E-state index in [1.165, 1.54) is 6.33 Å². The van der Waals surface area contributed by atoms with Gasteiger partial charge in [0.15, 0.2) is 0 Å². The van der Waals surface area contributed by atoms with Crippen molar-refractivity contribution in [3.8, 4) is 0 Å². The molecule has 0 spiro atoms. The molecule has 6 heteroatoms. The molecule has 4 nitrogen and oxygen atoms in total. The van der Waals surface area contributed by atoms with Crippen molar-refractivity contribution in [2.24, 2.45) is 5.41 Å². The topological polar surface area (TPSA) is 50.9 Å². The molecular weight excluding hydrogens is 309 g/mol. The monoisotopic (exact) mass is 327 g/mol. The van der Waals surface area contributed by atoms with Crippen LogP contribution in [0, 0.1) is 5.41 Å². The molecule has 0 aliphatic carbocycles. The maximum absolute atomic E-state index is 10.7. The highest BCUT2D eigenvalue weighted by Crippen LogP contribution is 2.32. The summed E-state index contributed by atoms with van der Waals surface area (Å²) in [4.78, 5) is 3.97. The summed E-state index contributed by atoms with van der Waals surface area (Å²) in [6.07, 6.45) is 3.04. The molecule has 1 unspecified atom stereocenters. The van der Waals surface area contributed by atoms with E-state index >= 15 is 0 Å². The van der Waals surface area contributed by atoms with Crippen LogP contribution < -0.4 is 0 Å². The number of aliphatic hydroxyl groups excluding tert-OH is 1. The Kier molecular flexibility index (Phi) is 4.91. The van der Waals surface area contributed by atoms with Crippen molar-refractivity contribution in [2.75, 3.05) is 0 Å². The number of nitrogens with zero attached hydrogens (tertiary/aromatic N) is 3. The first kappa shape index (κ1) is 16.3. The number of hydrogen-bond acceptors (Lipinski definition) is 3. The van der Waals surface area contributed by atoms with E-state index in [1.54, 1.807) is 23.1 Å². The van der Waals surface area contributed by atoms with Gasteiger partial charge in [0.25, 0.3) is 0 Å². The standard InChI is InChI=1S/C15H19Cl2N3O/c1-15(2,3)14(21)13(20-9-18-8-19-20)6-10-4-5-11(16)7-12(10)17/h4-5,7-9,13-14,21H,6H2,1-3H3/t13?,14-/m1/s1. The lowest BCUT2D eigenvalue weighted by Crippen LogP contribution is -2.37. The van der Waals surface area contributed by atoms with Gasteiger partial charge in [0.1, 0.15) is 12.7 Å². The number of halogens is 2. The first-order valence-electron chi connectivity index (χ1n) is 6.75. The van der Waals surface area contributed by atoms with Crippen LogP contribution in [-0.2, 0) is 6.42 Å². The Bertz CT molecular complexity index is 593. The summed E-state index contributed by atoms with van der Waals surface area (Å²) in [7, 11) is 0. The van der Waals surface area contributed by atoms with Crippen LogP contribution >= 0.6 is 23.2 Å². The minimum Gasteiger partial charge on any atom is -0.390 e. The molecule has 0 fully saturated rings. The fraction of sp³-hybridized carbons (Fsp3) is 0.467. The van der Waals surface area contributed by atoms with Crippen LogP contribution in [0.3, 0.4) is 0 Å². The Labute approximate surface area is 134 Å². The highest BCUT2D eigenvalue weighted by molar-refractivity contribution is 6.35. The van der Waals surface area contributed by atoms with Crippen molar-refractivity contribution in [3.05, 3.63) is 46.5 Å². The molecule has 21 heavy (non-hydrogen) atoms. The molecule has 0 saturated carbocycles. The Hall–Kier alpha value is -1.10. The van der Waals surface area contributed by atoms with Gasteiger partial charge in [-0.05, 0) is 29.5 Å². The molecule has 0 aliphatic heterocycles. The first-order valence-corrected chi connectivity index (χ1v) is 7.50. The van der Waals surface area contributed by atoms with Crippen molar-refractivity contribution < 1.29 is 5.11 Å². The number of hydrogen-bond donors (Lipinski definition) is 1. The smallest absolute Gasteiger partial charge is 0.137 e. The zero-order valence-electron chi connectivity index (χ0n) is 12.3. The Balaban J connectivity index is 2.33. The van der Waals surface area contributed by atoms with E-state index in [4.69, 9.17) is 23.2 Å². The molecule has 0 radical (unpaired) electrons. The number of rotatable bonds is 4. The van der Waals surface area contributed by atoms with Crippen molar-refractivity contribution in [1.82, 2.24) is 14.8 Å². The van der Waals surface area contributed by atoms with Crippen molar-refractivity contribution in [1.29, 1.82) is 0 Å². The predicted octanol–water partition coefficient (Wildman–Crippen LogP) is 3.78. The zero-order chi connectivity index (χ0) is 15.6. The van der Waals surface area contributed by atoms with E-state index in [9.17, 15) is 5.11 Å². The molecule has 0 bridgehead atoms. The second kappa shape index (κ2) is 6.34. The maximum atomic E-state index is 10.7. The Morgan fingerprint density at radius 3 is 2.52 bits per heavy atom. The molecule has 1 aromatic heterocycles. The minimum absolute atomic E-state index is 0.244. The van der Waals surface area contributed by atoms with Crippen LogP contribution in [-0.4, -0.2) is 26.0 Å². The van der Waals surface area contributed by atoms with Gasteiger partial charge in [0.05, 0.1) is 12.1 Å². The van der Waals surface area contributed by atoms with Crippen LogP contribution in [0.1, 0.15) is 32.4 Å². The van der Waals surface area contributed by atoms with Crippen LogP contribution in [0.2, 0.25) is 10.0 Å². The van der Waals surface area contributed by atoms with Gasteiger partial charge in [-0.1, -0.05) is 50.0 Å². The minimum atomic E-state index is -0.592. The summed E-state index contributed by atoms with van der Waals surface area (Å²) in [5.74, 6) is 0. The lowest BCUT2D eigenvalue weighted by atomic mass is 9.82. The summed E-state index contributed by atoms with van der Waals surface area (Å²) in [5.41, 5.74) is 0.639. The van der Waals surface area contributed by atoms with Gasteiger partial charge in [-0.2, -0.15) is 5.10 Å². The van der Waals surface area contributed by atoms with Crippen LogP contribution in [0.5, 0.6) is 0 Å². The molecule has 2 atom stereocenters. The molecule has 2 aromatic rings. The van der Waals surface area contributed by atoms with Gasteiger partial charge in [-0.15, -0.1) is 0 Å². The van der Waals surface area contributed by atoms with E-state index in [1.807, 2.05) is 26.8 Å². The average molecular weight is 328 g/mol. The van der Waals surface area contributed by atoms with Crippen molar-refractivity contribution in [2.45, 2.75) is 39.3 Å². The molecule has 1 heterocycles. The van der Waals surface area contributed by atoms with E-state index in [-0.39, 0.29) is 11.5 Å². The summed E-state index contributed by atoms with van der Waals surface area (Å²) < 4.78 is 1.68. The second-order valence-electron chi connectivity index (χ2n) is 6.19. The Morgan fingerprint density at radius 1 is 1.29 bits per heavy atom. The fourth-order valence-electron chi connectivity index (χ4n) is 2.23. The van der Waals surface area contributed by atoms with Gasteiger partial charge in [0, 0.05) is 10.0 Å². The van der Waals surface area contributed by atoms with Crippen molar-refractivity contribution >= 4 is 23.2 Å². The van der Waals surface area contributed by atoms with Crippen molar-refractivity contribution in [3.63, 3.8) is 0 Å². The van der Waals surface area contributed by atoms with Crippen LogP contribution in [0.4, 0.5) is 0 Å². The van der Waals surface area contributed by atoms with Gasteiger partial charge in [0.2, 0.25) is 0 Å². The SMILES string of the molecule is CC(C)(C)[C@H](O)C(Cc1ccc(Cl)cc1Cl)n1cncn1. The maximum Gasteiger partial charge on any atom is 0.137 e. The van der Waals surface area contributed by atoms with E-state index in [0.717, 1.165) is 5.56 Å². The molecule has 1 aromatic carbocycles. The van der Waals surface area contributed by atoms with Gasteiger partial charge in [-0.3, -0.25) is 0 Å². The molecule has 1 N–H and O–H groups in total. The highest BCUT2D eigenvalue weighted by Gasteiger charge is 2.32. The summed E-state index contributed by atoms with van der Waals surface area (Å²) in [6.45, 7) is 5.97. The summed E-state index contributed by atoms with van der Waals surface area (Å²) >= 11 is 12.2. The molecule has 114 valence electrons. The third-order valence-electron chi connectivity index (χ3n) is 3.47. The largest absolute Gasteiger partial charge is 0.390 e. The molecule has 0 aliphatic rings. The predicted molar refractivity (Wildman–Crippen MR) is 84.7 cm³/mol. The molecular formula is C15H19Cl2N3O. The molecule has 0 saturated heterocycles. The highest BCUT2D eigenvalue weighted by atomic mass is 35.5. The zero-order valence-corrected chi connectivity index (χ0v) is 13.8. The molecule has 0 amide bonds. The lowest BCUT2D eigenvalue weighted by molar-refractivity contribution is 0.0124. The van der Waals surface area contributed by atoms with Crippen LogP contribution in [0.25, 0.3) is 0 Å². The average Bonchev–Trinajstić information content (AvgIpc) is 2.90. The van der Waals surface area contributed by atoms with E-state index in [2.05, 4.69) is 10.1 Å². The van der Waals surface area contributed by atoms with Gasteiger partial charge in [-0.25, -0.2) is 9.67 Å². The lowest BCUT2D eigenvalue weighted by Gasteiger charge is -2.33. The normalized spacial score (nSPS) is 15.0. The van der Waals surface area contributed by atoms with Crippen LogP contribution in [0.15, 0.2) is 30.9 Å².